The summed E-state index contributed by atoms with van der Waals surface area (Å²) in [4.78, 5) is 8.63. The van der Waals surface area contributed by atoms with E-state index < -0.39 is 0 Å². The van der Waals surface area contributed by atoms with Crippen molar-refractivity contribution in [1.82, 2.24) is 4.98 Å². The summed E-state index contributed by atoms with van der Waals surface area (Å²) in [6.45, 7) is 4.31. The lowest BCUT2D eigenvalue weighted by atomic mass is 9.92. The van der Waals surface area contributed by atoms with Gasteiger partial charge in [0.05, 0.1) is 25.6 Å². The Labute approximate surface area is 230 Å². The average molecular weight is 513 g/mol. The molecule has 4 aromatic rings. The van der Waals surface area contributed by atoms with E-state index in [0.29, 0.717) is 0 Å². The van der Waals surface area contributed by atoms with Gasteiger partial charge >= 0.3 is 0 Å². The van der Waals surface area contributed by atoms with Crippen LogP contribution in [0.1, 0.15) is 39.2 Å². The van der Waals surface area contributed by atoms with Crippen LogP contribution in [-0.2, 0) is 0 Å². The Hall–Kier alpha value is -4.83. The summed E-state index contributed by atoms with van der Waals surface area (Å²) < 4.78 is 10.5. The number of aliphatic imine (C=N–C) groups is 1. The Morgan fingerprint density at radius 2 is 1.26 bits per heavy atom. The molecule has 2 heterocycles. The van der Waals surface area contributed by atoms with Gasteiger partial charge in [-0.3, -0.25) is 0 Å². The molecule has 4 nitrogen and oxygen atoms in total. The van der Waals surface area contributed by atoms with Crippen molar-refractivity contribution in [3.63, 3.8) is 0 Å². The molecule has 0 fully saturated rings. The maximum absolute atomic E-state index is 5.27. The minimum atomic E-state index is 0.845. The second-order valence-corrected chi connectivity index (χ2v) is 9.44. The highest BCUT2D eigenvalue weighted by atomic mass is 16.5. The van der Waals surface area contributed by atoms with Gasteiger partial charge in [0, 0.05) is 17.0 Å². The molecule has 194 valence electrons. The van der Waals surface area contributed by atoms with Gasteiger partial charge in [-0.2, -0.15) is 0 Å². The predicted octanol–water partition coefficient (Wildman–Crippen LogP) is 8.30. The Morgan fingerprint density at radius 1 is 0.667 bits per heavy atom. The summed E-state index contributed by atoms with van der Waals surface area (Å²) in [5, 5.41) is 0. The number of nitrogens with one attached hydrogen (secondary N) is 1. The van der Waals surface area contributed by atoms with E-state index in [1.165, 1.54) is 16.7 Å². The van der Waals surface area contributed by atoms with Crippen LogP contribution in [0, 0.1) is 13.8 Å². The third-order valence-corrected chi connectivity index (χ3v) is 6.76. The molecule has 1 aliphatic heterocycles. The molecule has 1 aromatic heterocycles. The number of ether oxygens (including phenoxy) is 2. The molecule has 4 heteroatoms. The standard InChI is InChI=1S/C35H32N2O2/c1-24-6-5-7-25(2)34(24)35(32-22-16-28(36-32)14-8-26-10-18-30(38-3)19-11-26)33-23-17-29(37-33)15-9-27-12-20-31(39-4)21-13-27/h5-23,36H,1-4H3/b14-8+,15-9+,35-33+. The van der Waals surface area contributed by atoms with E-state index >= 15 is 0 Å². The zero-order valence-corrected chi connectivity index (χ0v) is 22.7. The lowest BCUT2D eigenvalue weighted by molar-refractivity contribution is 0.414. The molecule has 39 heavy (non-hydrogen) atoms. The van der Waals surface area contributed by atoms with E-state index in [2.05, 4.69) is 79.5 Å². The number of hydrogen-bond donors (Lipinski definition) is 1. The van der Waals surface area contributed by atoms with E-state index in [-0.39, 0.29) is 0 Å². The first-order chi connectivity index (χ1) is 19.0. The van der Waals surface area contributed by atoms with Gasteiger partial charge in [-0.15, -0.1) is 0 Å². The number of aromatic amines is 1. The van der Waals surface area contributed by atoms with Crippen LogP contribution in [0.3, 0.4) is 0 Å². The topological polar surface area (TPSA) is 46.6 Å². The van der Waals surface area contributed by atoms with Gasteiger partial charge in [0.25, 0.3) is 0 Å². The van der Waals surface area contributed by atoms with Crippen molar-refractivity contribution < 1.29 is 9.47 Å². The van der Waals surface area contributed by atoms with Gasteiger partial charge < -0.3 is 14.5 Å². The first-order valence-electron chi connectivity index (χ1n) is 13.0. The summed E-state index contributed by atoms with van der Waals surface area (Å²) in [6, 6.07) is 26.7. The first-order valence-corrected chi connectivity index (χ1v) is 13.0. The average Bonchev–Trinajstić information content (AvgIpc) is 3.63. The molecule has 0 radical (unpaired) electrons. The van der Waals surface area contributed by atoms with Crippen LogP contribution in [0.5, 0.6) is 11.5 Å². The Balaban J connectivity index is 1.49. The number of aryl methyl sites for hydroxylation is 2. The molecule has 5 rings (SSSR count). The molecule has 0 saturated carbocycles. The maximum atomic E-state index is 5.27. The lowest BCUT2D eigenvalue weighted by Gasteiger charge is -2.14. The molecular weight excluding hydrogens is 480 g/mol. The van der Waals surface area contributed by atoms with Gasteiger partial charge in [-0.1, -0.05) is 54.6 Å². The SMILES string of the molecule is COc1ccc(/C=C/C2=NC(=C(\c3ccc(/C=C/c4ccc(OC)cc4)[nH]3)c3c(C)cccc3C)/C=C2)cc1. The fourth-order valence-electron chi connectivity index (χ4n) is 4.67. The van der Waals surface area contributed by atoms with E-state index in [4.69, 9.17) is 14.5 Å². The molecule has 0 atom stereocenters. The van der Waals surface area contributed by atoms with Gasteiger partial charge in [0.1, 0.15) is 11.5 Å². The minimum absolute atomic E-state index is 0.845. The summed E-state index contributed by atoms with van der Waals surface area (Å²) in [6.07, 6.45) is 12.5. The number of hydrogen-bond acceptors (Lipinski definition) is 3. The van der Waals surface area contributed by atoms with Crippen LogP contribution in [0.25, 0.3) is 23.8 Å². The number of nitrogens with zero attached hydrogens (tertiary/aromatic N) is 1. The van der Waals surface area contributed by atoms with Gasteiger partial charge in [0.15, 0.2) is 0 Å². The fraction of sp³-hybridized carbons (Fsp3) is 0.114. The van der Waals surface area contributed by atoms with Gasteiger partial charge in [-0.05, 0) is 102 Å². The molecule has 3 aromatic carbocycles. The highest BCUT2D eigenvalue weighted by molar-refractivity contribution is 6.10. The van der Waals surface area contributed by atoms with Crippen molar-refractivity contribution in [2.24, 2.45) is 4.99 Å². The smallest absolute Gasteiger partial charge is 0.118 e. The van der Waals surface area contributed by atoms with E-state index in [0.717, 1.165) is 51.0 Å². The Bertz CT molecular complexity index is 1590. The first kappa shape index (κ1) is 25.8. The van der Waals surface area contributed by atoms with Crippen molar-refractivity contribution in [3.05, 3.63) is 142 Å². The molecule has 0 bridgehead atoms. The predicted molar refractivity (Wildman–Crippen MR) is 163 cm³/mol. The quantitative estimate of drug-likeness (QED) is 0.258. The van der Waals surface area contributed by atoms with E-state index in [1.807, 2.05) is 54.6 Å². The number of aromatic nitrogens is 1. The largest absolute Gasteiger partial charge is 0.497 e. The highest BCUT2D eigenvalue weighted by Gasteiger charge is 2.18. The van der Waals surface area contributed by atoms with Crippen molar-refractivity contribution in [2.45, 2.75) is 13.8 Å². The van der Waals surface area contributed by atoms with Crippen LogP contribution in [0.2, 0.25) is 0 Å². The van der Waals surface area contributed by atoms with Crippen LogP contribution < -0.4 is 9.47 Å². The molecule has 0 unspecified atom stereocenters. The highest BCUT2D eigenvalue weighted by Crippen LogP contribution is 2.34. The molecule has 0 amide bonds. The van der Waals surface area contributed by atoms with Crippen LogP contribution in [0.15, 0.2) is 108 Å². The summed E-state index contributed by atoms with van der Waals surface area (Å²) in [5.41, 5.74) is 10.8. The van der Waals surface area contributed by atoms with E-state index in [9.17, 15) is 0 Å². The van der Waals surface area contributed by atoms with Gasteiger partial charge in [-0.25, -0.2) is 4.99 Å². The molecule has 0 saturated heterocycles. The van der Waals surface area contributed by atoms with Crippen LogP contribution >= 0.6 is 0 Å². The monoisotopic (exact) mass is 512 g/mol. The second kappa shape index (κ2) is 11.7. The maximum Gasteiger partial charge on any atom is 0.118 e. The van der Waals surface area contributed by atoms with Crippen molar-refractivity contribution in [3.8, 4) is 11.5 Å². The Kier molecular flexibility index (Phi) is 7.74. The Morgan fingerprint density at radius 3 is 1.85 bits per heavy atom. The molecule has 0 aliphatic carbocycles. The summed E-state index contributed by atoms with van der Waals surface area (Å²) in [7, 11) is 3.35. The second-order valence-electron chi connectivity index (χ2n) is 9.44. The zero-order valence-electron chi connectivity index (χ0n) is 22.7. The molecular formula is C35H32N2O2. The number of allylic oxidation sites excluding steroid dienone is 3. The normalized spacial score (nSPS) is 14.3. The number of rotatable bonds is 8. The van der Waals surface area contributed by atoms with Gasteiger partial charge in [0.2, 0.25) is 0 Å². The summed E-state index contributed by atoms with van der Waals surface area (Å²) >= 11 is 0. The molecule has 0 spiro atoms. The third kappa shape index (κ3) is 6.02. The van der Waals surface area contributed by atoms with Crippen molar-refractivity contribution >= 4 is 29.5 Å². The minimum Gasteiger partial charge on any atom is -0.497 e. The number of benzene rings is 3. The zero-order chi connectivity index (χ0) is 27.2. The number of methoxy groups -OCH3 is 2. The number of H-pyrrole nitrogens is 1. The van der Waals surface area contributed by atoms with Crippen molar-refractivity contribution in [1.29, 1.82) is 0 Å². The van der Waals surface area contributed by atoms with Crippen molar-refractivity contribution in [2.75, 3.05) is 14.2 Å². The fourth-order valence-corrected chi connectivity index (χ4v) is 4.67. The third-order valence-electron chi connectivity index (χ3n) is 6.76. The molecule has 1 aliphatic rings. The van der Waals surface area contributed by atoms with Crippen LogP contribution in [-0.4, -0.2) is 24.9 Å². The molecule has 1 N–H and O–H groups in total. The summed E-state index contributed by atoms with van der Waals surface area (Å²) in [5.74, 6) is 1.69. The lowest BCUT2D eigenvalue weighted by Crippen LogP contribution is -1.98. The van der Waals surface area contributed by atoms with E-state index in [1.54, 1.807) is 14.2 Å². The van der Waals surface area contributed by atoms with Crippen LogP contribution in [0.4, 0.5) is 0 Å².